The van der Waals surface area contributed by atoms with Crippen LogP contribution in [0.4, 0.5) is 0 Å². The largest absolute Gasteiger partial charge is 0.494 e. The van der Waals surface area contributed by atoms with Crippen LogP contribution < -0.4 is 10.1 Å². The molecular formula is C26H32N4O2S. The minimum atomic E-state index is -0.0358. The normalized spacial score (nSPS) is 15.8. The molecule has 2 heterocycles. The Morgan fingerprint density at radius 1 is 1.09 bits per heavy atom. The van der Waals surface area contributed by atoms with E-state index in [0.717, 1.165) is 60.3 Å². The van der Waals surface area contributed by atoms with Gasteiger partial charge in [0.05, 0.1) is 24.8 Å². The van der Waals surface area contributed by atoms with Gasteiger partial charge in [-0.25, -0.2) is 4.98 Å². The van der Waals surface area contributed by atoms with Crippen LogP contribution in [0.2, 0.25) is 0 Å². The zero-order chi connectivity index (χ0) is 23.0. The third-order valence-electron chi connectivity index (χ3n) is 5.88. The number of amides is 1. The summed E-state index contributed by atoms with van der Waals surface area (Å²) in [7, 11) is 2.16. The number of benzene rings is 2. The Labute approximate surface area is 200 Å². The molecule has 0 radical (unpaired) electrons. The lowest BCUT2D eigenvalue weighted by Gasteiger charge is -2.35. The lowest BCUT2D eigenvalue weighted by Crippen LogP contribution is -2.48. The van der Waals surface area contributed by atoms with Crippen LogP contribution in [-0.2, 0) is 11.2 Å². The van der Waals surface area contributed by atoms with Gasteiger partial charge < -0.3 is 15.0 Å². The molecule has 1 atom stereocenters. The number of piperazine rings is 1. The van der Waals surface area contributed by atoms with Crippen LogP contribution in [0.3, 0.4) is 0 Å². The molecule has 7 heteroatoms. The molecule has 2 aromatic carbocycles. The molecule has 0 saturated carbocycles. The summed E-state index contributed by atoms with van der Waals surface area (Å²) in [6.07, 6.45) is 0.277. The molecule has 1 N–H and O–H groups in total. The summed E-state index contributed by atoms with van der Waals surface area (Å²) in [6.45, 7) is 7.60. The monoisotopic (exact) mass is 464 g/mol. The second-order valence-corrected chi connectivity index (χ2v) is 9.27. The van der Waals surface area contributed by atoms with Gasteiger partial charge in [0, 0.05) is 43.7 Å². The van der Waals surface area contributed by atoms with Crippen molar-refractivity contribution in [2.75, 3.05) is 46.4 Å². The molecule has 0 bridgehead atoms. The number of carbonyl (C=O) groups is 1. The number of aromatic nitrogens is 1. The van der Waals surface area contributed by atoms with Gasteiger partial charge in [-0.15, -0.1) is 11.3 Å². The molecule has 1 aliphatic heterocycles. The SMILES string of the molecule is CCOc1ccc(-c2nc(CC(=O)NC(CN3CCN(C)CC3)c3ccccc3)cs2)cc1. The predicted molar refractivity (Wildman–Crippen MR) is 134 cm³/mol. The number of nitrogens with zero attached hydrogens (tertiary/aromatic N) is 3. The maximum absolute atomic E-state index is 13.0. The van der Waals surface area contributed by atoms with Crippen LogP contribution in [-0.4, -0.2) is 67.1 Å². The Morgan fingerprint density at radius 3 is 2.52 bits per heavy atom. The standard InChI is InChI=1S/C26H32N4O2S/c1-3-32-23-11-9-21(10-12-23)26-27-22(19-33-26)17-25(31)28-24(20-7-5-4-6-8-20)18-30-15-13-29(2)14-16-30/h4-12,19,24H,3,13-18H2,1-2H3,(H,28,31). The topological polar surface area (TPSA) is 57.7 Å². The fourth-order valence-corrected chi connectivity index (χ4v) is 4.83. The summed E-state index contributed by atoms with van der Waals surface area (Å²) < 4.78 is 5.51. The first-order valence-electron chi connectivity index (χ1n) is 11.5. The van der Waals surface area contributed by atoms with Crippen molar-refractivity contribution >= 4 is 17.2 Å². The van der Waals surface area contributed by atoms with E-state index in [9.17, 15) is 4.79 Å². The second kappa shape index (κ2) is 11.4. The highest BCUT2D eigenvalue weighted by Gasteiger charge is 2.21. The molecule has 1 saturated heterocycles. The smallest absolute Gasteiger partial charge is 0.226 e. The first-order chi connectivity index (χ1) is 16.1. The van der Waals surface area contributed by atoms with Crippen molar-refractivity contribution in [1.82, 2.24) is 20.1 Å². The minimum absolute atomic E-state index is 0.00141. The third-order valence-corrected chi connectivity index (χ3v) is 6.82. The Morgan fingerprint density at radius 2 is 1.82 bits per heavy atom. The molecular weight excluding hydrogens is 432 g/mol. The first-order valence-corrected chi connectivity index (χ1v) is 12.4. The number of carbonyl (C=O) groups excluding carboxylic acids is 1. The Bertz CT molecular complexity index is 1010. The van der Waals surface area contributed by atoms with Crippen LogP contribution in [0.5, 0.6) is 5.75 Å². The van der Waals surface area contributed by atoms with Crippen LogP contribution in [0.1, 0.15) is 24.2 Å². The zero-order valence-corrected chi connectivity index (χ0v) is 20.2. The van der Waals surface area contributed by atoms with Gasteiger partial charge >= 0.3 is 0 Å². The van der Waals surface area contributed by atoms with E-state index in [4.69, 9.17) is 9.72 Å². The molecule has 174 valence electrons. The fraction of sp³-hybridized carbons (Fsp3) is 0.385. The maximum Gasteiger partial charge on any atom is 0.226 e. The molecule has 0 aliphatic carbocycles. The van der Waals surface area contributed by atoms with Crippen LogP contribution in [0.25, 0.3) is 10.6 Å². The van der Waals surface area contributed by atoms with Crippen LogP contribution in [0.15, 0.2) is 60.0 Å². The van der Waals surface area contributed by atoms with Gasteiger partial charge in [0.2, 0.25) is 5.91 Å². The van der Waals surface area contributed by atoms with Gasteiger partial charge in [-0.3, -0.25) is 9.69 Å². The summed E-state index contributed by atoms with van der Waals surface area (Å²) in [6, 6.07) is 18.1. The first kappa shape index (κ1) is 23.4. The highest BCUT2D eigenvalue weighted by molar-refractivity contribution is 7.13. The summed E-state index contributed by atoms with van der Waals surface area (Å²) in [5.74, 6) is 0.853. The molecule has 1 aromatic heterocycles. The van der Waals surface area contributed by atoms with Crippen molar-refractivity contribution in [3.63, 3.8) is 0 Å². The number of hydrogen-bond donors (Lipinski definition) is 1. The highest BCUT2D eigenvalue weighted by atomic mass is 32.1. The van der Waals surface area contributed by atoms with Crippen molar-refractivity contribution in [1.29, 1.82) is 0 Å². The van der Waals surface area contributed by atoms with Gasteiger partial charge in [-0.05, 0) is 43.8 Å². The number of likely N-dealkylation sites (N-methyl/N-ethyl adjacent to an activating group) is 1. The highest BCUT2D eigenvalue weighted by Crippen LogP contribution is 2.26. The molecule has 3 aromatic rings. The fourth-order valence-electron chi connectivity index (χ4n) is 4.00. The van der Waals surface area contributed by atoms with Crippen molar-refractivity contribution < 1.29 is 9.53 Å². The van der Waals surface area contributed by atoms with Gasteiger partial charge in [0.25, 0.3) is 0 Å². The van der Waals surface area contributed by atoms with E-state index in [-0.39, 0.29) is 18.4 Å². The van der Waals surface area contributed by atoms with Crippen LogP contribution in [0, 0.1) is 0 Å². The van der Waals surface area contributed by atoms with Gasteiger partial charge in [0.15, 0.2) is 0 Å². The average Bonchev–Trinajstić information content (AvgIpc) is 3.29. The number of hydrogen-bond acceptors (Lipinski definition) is 6. The van der Waals surface area contributed by atoms with Crippen molar-refractivity contribution in [3.8, 4) is 16.3 Å². The van der Waals surface area contributed by atoms with E-state index in [1.165, 1.54) is 0 Å². The lowest BCUT2D eigenvalue weighted by atomic mass is 10.1. The maximum atomic E-state index is 13.0. The molecule has 1 amide bonds. The average molecular weight is 465 g/mol. The third kappa shape index (κ3) is 6.63. The van der Waals surface area contributed by atoms with Gasteiger partial charge in [-0.2, -0.15) is 0 Å². The molecule has 33 heavy (non-hydrogen) atoms. The summed E-state index contributed by atoms with van der Waals surface area (Å²) in [5.41, 5.74) is 2.97. The van der Waals surface area contributed by atoms with E-state index in [0.29, 0.717) is 6.61 Å². The molecule has 0 spiro atoms. The molecule has 6 nitrogen and oxygen atoms in total. The summed E-state index contributed by atoms with van der Waals surface area (Å²) in [5, 5.41) is 6.15. The number of rotatable bonds is 9. The van der Waals surface area contributed by atoms with Crippen molar-refractivity contribution in [3.05, 3.63) is 71.2 Å². The quantitative estimate of drug-likeness (QED) is 0.521. The summed E-state index contributed by atoms with van der Waals surface area (Å²) in [4.78, 5) is 22.4. The van der Waals surface area contributed by atoms with E-state index >= 15 is 0 Å². The lowest BCUT2D eigenvalue weighted by molar-refractivity contribution is -0.121. The van der Waals surface area contributed by atoms with Crippen molar-refractivity contribution in [2.24, 2.45) is 0 Å². The van der Waals surface area contributed by atoms with E-state index in [2.05, 4.69) is 34.3 Å². The molecule has 1 fully saturated rings. The van der Waals surface area contributed by atoms with E-state index < -0.39 is 0 Å². The molecule has 1 aliphatic rings. The number of ether oxygens (including phenoxy) is 1. The summed E-state index contributed by atoms with van der Waals surface area (Å²) >= 11 is 1.56. The Kier molecular flexibility index (Phi) is 8.10. The van der Waals surface area contributed by atoms with Gasteiger partial charge in [-0.1, -0.05) is 30.3 Å². The van der Waals surface area contributed by atoms with Gasteiger partial charge in [0.1, 0.15) is 10.8 Å². The zero-order valence-electron chi connectivity index (χ0n) is 19.4. The van der Waals surface area contributed by atoms with E-state index in [1.807, 2.05) is 54.8 Å². The molecule has 1 unspecified atom stereocenters. The Hall–Kier alpha value is -2.74. The second-order valence-electron chi connectivity index (χ2n) is 8.41. The minimum Gasteiger partial charge on any atom is -0.494 e. The van der Waals surface area contributed by atoms with Crippen molar-refractivity contribution in [2.45, 2.75) is 19.4 Å². The number of thiazole rings is 1. The molecule has 4 rings (SSSR count). The predicted octanol–water partition coefficient (Wildman–Crippen LogP) is 3.86. The van der Waals surface area contributed by atoms with E-state index in [1.54, 1.807) is 11.3 Å². The van der Waals surface area contributed by atoms with Crippen LogP contribution >= 0.6 is 11.3 Å². The Balaban J connectivity index is 1.39. The number of nitrogens with one attached hydrogen (secondary N) is 1.